The number of ether oxygens (including phenoxy) is 1. The molecule has 0 saturated carbocycles. The monoisotopic (exact) mass is 409 g/mol. The lowest BCUT2D eigenvalue weighted by Crippen LogP contribution is -2.06. The normalized spacial score (nSPS) is 11.3. The number of nitrogens with one attached hydrogen (secondary N) is 1. The molecule has 0 radical (unpaired) electrons. The molecule has 4 aromatic rings. The number of fused-ring (bicyclic) bond motifs is 1. The van der Waals surface area contributed by atoms with Crippen molar-refractivity contribution < 1.29 is 13.9 Å². The van der Waals surface area contributed by atoms with Crippen molar-refractivity contribution in [1.29, 1.82) is 0 Å². The van der Waals surface area contributed by atoms with Gasteiger partial charge in [0.2, 0.25) is 0 Å². The van der Waals surface area contributed by atoms with Gasteiger partial charge in [-0.1, -0.05) is 25.4 Å². The number of halogens is 1. The highest BCUT2D eigenvalue weighted by molar-refractivity contribution is 6.30. The first-order chi connectivity index (χ1) is 14.0. The molecule has 0 atom stereocenters. The van der Waals surface area contributed by atoms with Crippen molar-refractivity contribution in [1.82, 2.24) is 15.0 Å². The minimum absolute atomic E-state index is 0.426. The van der Waals surface area contributed by atoms with Crippen LogP contribution in [0.5, 0.6) is 5.75 Å². The van der Waals surface area contributed by atoms with Gasteiger partial charge in [-0.3, -0.25) is 4.79 Å². The van der Waals surface area contributed by atoms with E-state index < -0.39 is 0 Å². The minimum atomic E-state index is 0.426. The highest BCUT2D eigenvalue weighted by atomic mass is 35.5. The summed E-state index contributed by atoms with van der Waals surface area (Å²) in [5, 5.41) is 0.651. The molecule has 0 amide bonds. The zero-order chi connectivity index (χ0) is 20.4. The molecule has 6 nitrogen and oxygen atoms in total. The molecule has 0 saturated heterocycles. The van der Waals surface area contributed by atoms with Crippen LogP contribution in [0.25, 0.3) is 22.7 Å². The molecule has 0 aliphatic rings. The van der Waals surface area contributed by atoms with E-state index in [1.165, 1.54) is 6.20 Å². The van der Waals surface area contributed by atoms with Gasteiger partial charge in [0.1, 0.15) is 11.5 Å². The molecule has 0 unspecified atom stereocenters. The van der Waals surface area contributed by atoms with E-state index in [1.807, 2.05) is 30.3 Å². The molecule has 0 aliphatic heterocycles. The molecular formula is C22H20ClN3O3. The maximum Gasteiger partial charge on any atom is 0.178 e. The number of furan rings is 1. The fourth-order valence-electron chi connectivity index (χ4n) is 2.97. The number of benzene rings is 1. The van der Waals surface area contributed by atoms with Gasteiger partial charge in [0.05, 0.1) is 12.1 Å². The molecule has 7 heteroatoms. The van der Waals surface area contributed by atoms with Crippen LogP contribution in [0, 0.1) is 5.92 Å². The maximum absolute atomic E-state index is 10.9. The fourth-order valence-corrected chi connectivity index (χ4v) is 3.16. The lowest BCUT2D eigenvalue weighted by atomic mass is 10.1. The summed E-state index contributed by atoms with van der Waals surface area (Å²) in [6.45, 7) is 4.84. The van der Waals surface area contributed by atoms with Crippen LogP contribution < -0.4 is 4.74 Å². The van der Waals surface area contributed by atoms with E-state index in [0.717, 1.165) is 23.4 Å². The van der Waals surface area contributed by atoms with Gasteiger partial charge in [-0.05, 0) is 42.3 Å². The Hall–Kier alpha value is -3.12. The maximum atomic E-state index is 10.9. The predicted octanol–water partition coefficient (Wildman–Crippen LogP) is 5.31. The van der Waals surface area contributed by atoms with Gasteiger partial charge in [0.15, 0.2) is 23.5 Å². The molecule has 0 spiro atoms. The third-order valence-corrected chi connectivity index (χ3v) is 4.58. The Bertz CT molecular complexity index is 1160. The Kier molecular flexibility index (Phi) is 5.36. The van der Waals surface area contributed by atoms with Crippen LogP contribution in [0.3, 0.4) is 0 Å². The number of carbonyl (C=O) groups excluding carboxylic acids is 1. The van der Waals surface area contributed by atoms with Gasteiger partial charge in [-0.2, -0.15) is 0 Å². The molecule has 0 fully saturated rings. The largest absolute Gasteiger partial charge is 0.493 e. The van der Waals surface area contributed by atoms with Crippen LogP contribution in [-0.2, 0) is 6.42 Å². The van der Waals surface area contributed by atoms with Crippen LogP contribution in [0.2, 0.25) is 5.02 Å². The van der Waals surface area contributed by atoms with Gasteiger partial charge in [-0.25, -0.2) is 9.97 Å². The van der Waals surface area contributed by atoms with Crippen LogP contribution in [0.4, 0.5) is 0 Å². The van der Waals surface area contributed by atoms with Gasteiger partial charge in [-0.15, -0.1) is 0 Å². The van der Waals surface area contributed by atoms with E-state index in [9.17, 15) is 4.79 Å². The van der Waals surface area contributed by atoms with Crippen LogP contribution in [0.15, 0.2) is 47.0 Å². The van der Waals surface area contributed by atoms with E-state index >= 15 is 0 Å². The Labute approximate surface area is 172 Å². The number of hydrogen-bond acceptors (Lipinski definition) is 5. The smallest absolute Gasteiger partial charge is 0.178 e. The second-order valence-electron chi connectivity index (χ2n) is 7.24. The molecule has 1 N–H and O–H groups in total. The summed E-state index contributed by atoms with van der Waals surface area (Å²) < 4.78 is 11.9. The Morgan fingerprint density at radius 2 is 2.10 bits per heavy atom. The van der Waals surface area contributed by atoms with E-state index in [1.54, 1.807) is 6.07 Å². The number of aldehydes is 1. The lowest BCUT2D eigenvalue weighted by molar-refractivity contribution is 0.112. The van der Waals surface area contributed by atoms with Crippen LogP contribution >= 0.6 is 11.6 Å². The van der Waals surface area contributed by atoms with Crippen molar-refractivity contribution in [2.45, 2.75) is 20.3 Å². The third kappa shape index (κ3) is 4.32. The van der Waals surface area contributed by atoms with Crippen molar-refractivity contribution in [3.05, 3.63) is 64.5 Å². The standard InChI is InChI=1S/C22H20ClN3O3/c1-13(2)12-28-19-5-3-16(23)8-15(19)9-17-4-6-20(29-17)22-25-18-7-14(11-27)10-24-21(18)26-22/h3-8,10-11,13H,9,12H2,1-2H3,(H,24,25,26). The second kappa shape index (κ2) is 8.09. The highest BCUT2D eigenvalue weighted by Gasteiger charge is 2.14. The number of nitrogens with zero attached hydrogens (tertiary/aromatic N) is 2. The number of H-pyrrole nitrogens is 1. The van der Waals surface area contributed by atoms with Crippen LogP contribution in [0.1, 0.15) is 35.5 Å². The summed E-state index contributed by atoms with van der Waals surface area (Å²) in [5.41, 5.74) is 2.66. The minimum Gasteiger partial charge on any atom is -0.493 e. The molecule has 4 rings (SSSR count). The number of rotatable bonds is 7. The molecule has 29 heavy (non-hydrogen) atoms. The van der Waals surface area contributed by atoms with Gasteiger partial charge in [0.25, 0.3) is 0 Å². The number of carbonyl (C=O) groups is 1. The number of aromatic amines is 1. The Balaban J connectivity index is 1.58. The first-order valence-electron chi connectivity index (χ1n) is 9.33. The van der Waals surface area contributed by atoms with E-state index in [4.69, 9.17) is 20.8 Å². The highest BCUT2D eigenvalue weighted by Crippen LogP contribution is 2.28. The molecule has 0 bridgehead atoms. The summed E-state index contributed by atoms with van der Waals surface area (Å²) in [5.74, 6) is 3.14. The zero-order valence-corrected chi connectivity index (χ0v) is 16.9. The predicted molar refractivity (Wildman–Crippen MR) is 112 cm³/mol. The zero-order valence-electron chi connectivity index (χ0n) is 16.1. The molecule has 0 aliphatic carbocycles. The Morgan fingerprint density at radius 1 is 1.24 bits per heavy atom. The number of imidazole rings is 1. The molecule has 1 aromatic carbocycles. The second-order valence-corrected chi connectivity index (χ2v) is 7.68. The molecule has 148 valence electrons. The van der Waals surface area contributed by atoms with Gasteiger partial charge in [0, 0.05) is 28.8 Å². The number of hydrogen-bond donors (Lipinski definition) is 1. The summed E-state index contributed by atoms with van der Waals surface area (Å²) in [6, 6.07) is 11.1. The first kappa shape index (κ1) is 19.2. The quantitative estimate of drug-likeness (QED) is 0.418. The number of pyridine rings is 1. The van der Waals surface area contributed by atoms with Gasteiger partial charge < -0.3 is 14.1 Å². The SMILES string of the molecule is CC(C)COc1ccc(Cl)cc1Cc1ccc(-c2nc3ncc(C=O)cc3[nH]2)o1. The van der Waals surface area contributed by atoms with E-state index in [2.05, 4.69) is 28.8 Å². The van der Waals surface area contributed by atoms with Crippen LogP contribution in [-0.4, -0.2) is 27.8 Å². The summed E-state index contributed by atoms with van der Waals surface area (Å²) >= 11 is 6.18. The molecule has 3 heterocycles. The average molecular weight is 410 g/mol. The molecular weight excluding hydrogens is 390 g/mol. The van der Waals surface area contributed by atoms with Crippen molar-refractivity contribution in [2.75, 3.05) is 6.61 Å². The van der Waals surface area contributed by atoms with Crippen molar-refractivity contribution in [2.24, 2.45) is 5.92 Å². The summed E-state index contributed by atoms with van der Waals surface area (Å²) in [4.78, 5) is 22.7. The molecule has 3 aromatic heterocycles. The number of aromatic nitrogens is 3. The van der Waals surface area contributed by atoms with E-state index in [0.29, 0.717) is 52.3 Å². The lowest BCUT2D eigenvalue weighted by Gasteiger charge is -2.13. The van der Waals surface area contributed by atoms with Crippen molar-refractivity contribution in [3.8, 4) is 17.3 Å². The average Bonchev–Trinajstić information content (AvgIpc) is 3.33. The fraction of sp³-hybridized carbons (Fsp3) is 0.227. The summed E-state index contributed by atoms with van der Waals surface area (Å²) in [6.07, 6.45) is 2.79. The topological polar surface area (TPSA) is 81.0 Å². The Morgan fingerprint density at radius 3 is 2.90 bits per heavy atom. The van der Waals surface area contributed by atoms with Crippen molar-refractivity contribution in [3.63, 3.8) is 0 Å². The first-order valence-corrected chi connectivity index (χ1v) is 9.71. The van der Waals surface area contributed by atoms with Crippen molar-refractivity contribution >= 4 is 29.1 Å². The van der Waals surface area contributed by atoms with Gasteiger partial charge >= 0.3 is 0 Å². The third-order valence-electron chi connectivity index (χ3n) is 4.35. The summed E-state index contributed by atoms with van der Waals surface area (Å²) in [7, 11) is 0. The van der Waals surface area contributed by atoms with E-state index in [-0.39, 0.29) is 0 Å².